The molecule has 1 saturated heterocycles. The number of carbonyl (C=O) groups is 1. The number of aromatic nitrogens is 3. The minimum Gasteiger partial charge on any atom is -0.382 e. The molecule has 2 N–H and O–H groups in total. The minimum atomic E-state index is -1.09. The van der Waals surface area contributed by atoms with Crippen LogP contribution in [-0.2, 0) is 16.8 Å². The van der Waals surface area contributed by atoms with Gasteiger partial charge in [-0.05, 0) is 37.7 Å². The third-order valence-electron chi connectivity index (χ3n) is 5.34. The van der Waals surface area contributed by atoms with Crippen LogP contribution in [0.4, 0.5) is 0 Å². The molecule has 1 aliphatic heterocycles. The molecule has 24 heavy (non-hydrogen) atoms. The molecule has 1 aromatic carbocycles. The molecule has 1 aliphatic carbocycles. The lowest BCUT2D eigenvalue weighted by Crippen LogP contribution is -2.51. The van der Waals surface area contributed by atoms with Crippen molar-refractivity contribution >= 4 is 5.91 Å². The number of amides is 1. The highest BCUT2D eigenvalue weighted by Gasteiger charge is 2.53. The summed E-state index contributed by atoms with van der Waals surface area (Å²) in [6.45, 7) is 1.00. The van der Waals surface area contributed by atoms with E-state index in [4.69, 9.17) is 0 Å². The van der Waals surface area contributed by atoms with Crippen LogP contribution in [0.15, 0.2) is 36.5 Å². The molecule has 6 nitrogen and oxygen atoms in total. The van der Waals surface area contributed by atoms with E-state index >= 15 is 0 Å². The largest absolute Gasteiger partial charge is 0.382 e. The van der Waals surface area contributed by atoms with Crippen LogP contribution >= 0.6 is 0 Å². The van der Waals surface area contributed by atoms with Gasteiger partial charge in [-0.3, -0.25) is 4.79 Å². The summed E-state index contributed by atoms with van der Waals surface area (Å²) in [4.78, 5) is 14.9. The Bertz CT molecular complexity index is 712. The summed E-state index contributed by atoms with van der Waals surface area (Å²) in [7, 11) is 0. The molecular formula is C18H22N4O2. The van der Waals surface area contributed by atoms with Crippen LogP contribution in [0.2, 0.25) is 0 Å². The maximum Gasteiger partial charge on any atom is 0.229 e. The Hall–Kier alpha value is -2.21. The number of carbonyl (C=O) groups excluding carboxylic acids is 1. The molecule has 2 aromatic rings. The summed E-state index contributed by atoms with van der Waals surface area (Å²) in [5.41, 5.74) is 0.354. The lowest BCUT2D eigenvalue weighted by Gasteiger charge is -2.39. The van der Waals surface area contributed by atoms with E-state index in [-0.39, 0.29) is 11.3 Å². The van der Waals surface area contributed by atoms with Crippen LogP contribution in [0.3, 0.4) is 0 Å². The summed E-state index contributed by atoms with van der Waals surface area (Å²) in [5, 5.41) is 21.3. The van der Waals surface area contributed by atoms with Gasteiger partial charge in [-0.1, -0.05) is 30.3 Å². The van der Waals surface area contributed by atoms with Crippen molar-refractivity contribution < 1.29 is 9.90 Å². The molecule has 2 heterocycles. The quantitative estimate of drug-likeness (QED) is 0.895. The second kappa shape index (κ2) is 5.70. The van der Waals surface area contributed by atoms with Crippen LogP contribution in [0.5, 0.6) is 0 Å². The molecule has 2 fully saturated rings. The molecule has 4 rings (SSSR count). The van der Waals surface area contributed by atoms with E-state index in [9.17, 15) is 9.90 Å². The van der Waals surface area contributed by atoms with Gasteiger partial charge in [-0.25, -0.2) is 0 Å². The first-order chi connectivity index (χ1) is 11.6. The highest BCUT2D eigenvalue weighted by Crippen LogP contribution is 2.50. The van der Waals surface area contributed by atoms with Gasteiger partial charge in [0.1, 0.15) is 11.3 Å². The van der Waals surface area contributed by atoms with Gasteiger partial charge in [0.05, 0.1) is 18.2 Å². The number of rotatable bonds is 4. The maximum atomic E-state index is 13.1. The molecule has 1 saturated carbocycles. The molecule has 0 spiro atoms. The predicted octanol–water partition coefficient (Wildman–Crippen LogP) is 1.64. The Kier molecular flexibility index (Phi) is 3.64. The third kappa shape index (κ3) is 2.71. The van der Waals surface area contributed by atoms with Gasteiger partial charge in [0, 0.05) is 6.54 Å². The first-order valence-electron chi connectivity index (χ1n) is 8.53. The lowest BCUT2D eigenvalue weighted by atomic mass is 9.88. The highest BCUT2D eigenvalue weighted by molar-refractivity contribution is 5.86. The zero-order valence-electron chi connectivity index (χ0n) is 13.6. The van der Waals surface area contributed by atoms with Gasteiger partial charge >= 0.3 is 0 Å². The molecule has 1 aromatic heterocycles. The number of nitrogens with one attached hydrogen (secondary N) is 1. The number of hydrogen-bond acceptors (Lipinski definition) is 4. The number of nitrogens with zero attached hydrogens (tertiary/aromatic N) is 3. The Balaban J connectivity index is 1.50. The van der Waals surface area contributed by atoms with E-state index in [0.717, 1.165) is 25.7 Å². The second-order valence-corrected chi connectivity index (χ2v) is 7.16. The SMILES string of the molecule is O=C(N1CCCC(O)(c2cn[nH]n2)C1)C1(Cc2ccccc2)CC1. The monoisotopic (exact) mass is 326 g/mol. The van der Waals surface area contributed by atoms with Gasteiger partial charge in [0.2, 0.25) is 5.91 Å². The van der Waals surface area contributed by atoms with Crippen LogP contribution in [0.1, 0.15) is 36.9 Å². The van der Waals surface area contributed by atoms with Crippen molar-refractivity contribution in [3.63, 3.8) is 0 Å². The van der Waals surface area contributed by atoms with E-state index in [1.165, 1.54) is 5.56 Å². The molecule has 0 bridgehead atoms. The Morgan fingerprint density at radius 1 is 1.25 bits per heavy atom. The summed E-state index contributed by atoms with van der Waals surface area (Å²) < 4.78 is 0. The Labute approximate surface area is 140 Å². The average molecular weight is 326 g/mol. The highest BCUT2D eigenvalue weighted by atomic mass is 16.3. The predicted molar refractivity (Wildman–Crippen MR) is 87.9 cm³/mol. The lowest BCUT2D eigenvalue weighted by molar-refractivity contribution is -0.145. The van der Waals surface area contributed by atoms with Gasteiger partial charge in [0.25, 0.3) is 0 Å². The standard InChI is InChI=1S/C18H22N4O2/c23-16(17(8-9-17)11-14-5-2-1-3-6-14)22-10-4-7-18(24,13-22)15-12-19-21-20-15/h1-3,5-6,12,24H,4,7-11,13H2,(H,19,20,21). The molecule has 1 amide bonds. The van der Waals surface area contributed by atoms with Gasteiger partial charge in [-0.2, -0.15) is 15.4 Å². The third-order valence-corrected chi connectivity index (χ3v) is 5.34. The van der Waals surface area contributed by atoms with E-state index in [1.54, 1.807) is 6.20 Å². The molecule has 1 atom stereocenters. The van der Waals surface area contributed by atoms with Crippen molar-refractivity contribution in [1.82, 2.24) is 20.3 Å². The number of aromatic amines is 1. The number of β-amino-alcohol motifs (C(OH)–C–C–N with tert-alkyl or cyclic N) is 1. The van der Waals surface area contributed by atoms with Crippen molar-refractivity contribution in [2.24, 2.45) is 5.41 Å². The van der Waals surface area contributed by atoms with Gasteiger partial charge in [-0.15, -0.1) is 0 Å². The Morgan fingerprint density at radius 3 is 2.71 bits per heavy atom. The molecule has 0 radical (unpaired) electrons. The van der Waals surface area contributed by atoms with Gasteiger partial charge < -0.3 is 10.0 Å². The van der Waals surface area contributed by atoms with E-state index in [0.29, 0.717) is 25.2 Å². The van der Waals surface area contributed by atoms with Crippen LogP contribution < -0.4 is 0 Å². The molecule has 6 heteroatoms. The van der Waals surface area contributed by atoms with Crippen LogP contribution in [0.25, 0.3) is 0 Å². The number of H-pyrrole nitrogens is 1. The normalized spacial score (nSPS) is 25.5. The van der Waals surface area contributed by atoms with Gasteiger partial charge in [0.15, 0.2) is 0 Å². The maximum absolute atomic E-state index is 13.1. The smallest absolute Gasteiger partial charge is 0.229 e. The van der Waals surface area contributed by atoms with E-state index in [1.807, 2.05) is 23.1 Å². The first-order valence-corrected chi connectivity index (χ1v) is 8.53. The number of likely N-dealkylation sites (tertiary alicyclic amines) is 1. The van der Waals surface area contributed by atoms with Crippen LogP contribution in [-0.4, -0.2) is 44.4 Å². The fourth-order valence-corrected chi connectivity index (χ4v) is 3.78. The van der Waals surface area contributed by atoms with Crippen molar-refractivity contribution in [3.8, 4) is 0 Å². The van der Waals surface area contributed by atoms with Crippen LogP contribution in [0, 0.1) is 5.41 Å². The zero-order valence-corrected chi connectivity index (χ0v) is 13.6. The topological polar surface area (TPSA) is 82.1 Å². The fourth-order valence-electron chi connectivity index (χ4n) is 3.78. The Morgan fingerprint density at radius 2 is 2.04 bits per heavy atom. The molecule has 1 unspecified atom stereocenters. The van der Waals surface area contributed by atoms with Crippen molar-refractivity contribution in [2.75, 3.05) is 13.1 Å². The fraction of sp³-hybridized carbons (Fsp3) is 0.500. The number of piperidine rings is 1. The van der Waals surface area contributed by atoms with E-state index in [2.05, 4.69) is 27.5 Å². The minimum absolute atomic E-state index is 0.174. The average Bonchev–Trinajstić information content (AvgIpc) is 3.15. The molecule has 126 valence electrons. The molecular weight excluding hydrogens is 304 g/mol. The van der Waals surface area contributed by atoms with Crippen molar-refractivity contribution in [3.05, 3.63) is 47.8 Å². The van der Waals surface area contributed by atoms with E-state index < -0.39 is 5.60 Å². The summed E-state index contributed by atoms with van der Waals surface area (Å²) in [5.74, 6) is 0.174. The zero-order chi connectivity index (χ0) is 16.6. The molecule has 2 aliphatic rings. The number of hydrogen-bond donors (Lipinski definition) is 2. The number of benzene rings is 1. The van der Waals surface area contributed by atoms with Crippen molar-refractivity contribution in [1.29, 1.82) is 0 Å². The number of aliphatic hydroxyl groups is 1. The summed E-state index contributed by atoms with van der Waals surface area (Å²) >= 11 is 0. The summed E-state index contributed by atoms with van der Waals surface area (Å²) in [6.07, 6.45) is 5.57. The first kappa shape index (κ1) is 15.3. The van der Waals surface area contributed by atoms with Crippen molar-refractivity contribution in [2.45, 2.75) is 37.7 Å². The summed E-state index contributed by atoms with van der Waals surface area (Å²) in [6, 6.07) is 10.2. The second-order valence-electron chi connectivity index (χ2n) is 7.16.